The second-order valence-corrected chi connectivity index (χ2v) is 11.0. The molecule has 6 rings (SSSR count). The number of aromatic amines is 1. The predicted molar refractivity (Wildman–Crippen MR) is 160 cm³/mol. The maximum absolute atomic E-state index is 14.0. The number of cyclic esters (lactones) is 1. The highest BCUT2D eigenvalue weighted by Crippen LogP contribution is 2.47. The lowest BCUT2D eigenvalue weighted by Crippen LogP contribution is -2.39. The first-order valence-corrected chi connectivity index (χ1v) is 14.1. The van der Waals surface area contributed by atoms with Gasteiger partial charge < -0.3 is 24.5 Å². The van der Waals surface area contributed by atoms with E-state index in [4.69, 9.17) is 14.2 Å². The summed E-state index contributed by atoms with van der Waals surface area (Å²) >= 11 is 0. The average Bonchev–Trinajstić information content (AvgIpc) is 3.45. The molecule has 42 heavy (non-hydrogen) atoms. The Morgan fingerprint density at radius 3 is 2.48 bits per heavy atom. The molecule has 3 aromatic carbocycles. The Morgan fingerprint density at radius 2 is 1.74 bits per heavy atom. The summed E-state index contributed by atoms with van der Waals surface area (Å²) in [5.41, 5.74) is 9.02. The Balaban J connectivity index is 1.47. The van der Waals surface area contributed by atoms with E-state index in [0.29, 0.717) is 23.3 Å². The molecule has 0 fully saturated rings. The molecule has 0 aliphatic carbocycles. The van der Waals surface area contributed by atoms with E-state index in [1.54, 1.807) is 7.11 Å². The maximum atomic E-state index is 14.0. The van der Waals surface area contributed by atoms with Crippen molar-refractivity contribution in [1.29, 1.82) is 0 Å². The summed E-state index contributed by atoms with van der Waals surface area (Å²) in [4.78, 5) is 31.2. The molecule has 4 aromatic rings. The molecule has 0 spiro atoms. The third kappa shape index (κ3) is 5.01. The molecule has 214 valence electrons. The van der Waals surface area contributed by atoms with Crippen LogP contribution in [0.25, 0.3) is 10.9 Å². The van der Waals surface area contributed by atoms with Crippen molar-refractivity contribution >= 4 is 22.8 Å². The fourth-order valence-corrected chi connectivity index (χ4v) is 6.46. The van der Waals surface area contributed by atoms with Gasteiger partial charge in [-0.05, 0) is 60.7 Å². The number of dihydropyridines is 1. The Bertz CT molecular complexity index is 1720. The van der Waals surface area contributed by atoms with Crippen molar-refractivity contribution < 1.29 is 23.8 Å². The molecule has 2 unspecified atom stereocenters. The number of ether oxygens (including phenoxy) is 3. The van der Waals surface area contributed by atoms with Gasteiger partial charge in [-0.15, -0.1) is 0 Å². The van der Waals surface area contributed by atoms with Gasteiger partial charge in [0.25, 0.3) is 0 Å². The number of esters is 2. The number of aryl methyl sites for hydroxylation is 3. The van der Waals surface area contributed by atoms with Crippen molar-refractivity contribution in [2.45, 2.75) is 45.8 Å². The molecule has 7 heteroatoms. The van der Waals surface area contributed by atoms with E-state index in [9.17, 15) is 9.59 Å². The van der Waals surface area contributed by atoms with Gasteiger partial charge in [0.1, 0.15) is 12.7 Å². The van der Waals surface area contributed by atoms with Crippen LogP contribution in [0.2, 0.25) is 0 Å². The minimum Gasteiger partial charge on any atom is -0.457 e. The maximum Gasteiger partial charge on any atom is 0.337 e. The van der Waals surface area contributed by atoms with Crippen molar-refractivity contribution in [2.24, 2.45) is 0 Å². The number of rotatable bonds is 7. The summed E-state index contributed by atoms with van der Waals surface area (Å²) in [6, 6.07) is 21.6. The van der Waals surface area contributed by atoms with Crippen molar-refractivity contribution in [3.8, 4) is 0 Å². The van der Waals surface area contributed by atoms with Crippen LogP contribution >= 0.6 is 0 Å². The molecule has 1 aromatic heterocycles. The number of carbonyl (C=O) groups is 2. The first kappa shape index (κ1) is 27.5. The zero-order chi connectivity index (χ0) is 29.4. The van der Waals surface area contributed by atoms with Gasteiger partial charge in [-0.3, -0.25) is 0 Å². The molecule has 0 saturated carbocycles. The third-order valence-electron chi connectivity index (χ3n) is 8.11. The van der Waals surface area contributed by atoms with E-state index in [0.717, 1.165) is 50.0 Å². The smallest absolute Gasteiger partial charge is 0.337 e. The highest BCUT2D eigenvalue weighted by molar-refractivity contribution is 6.02. The topological polar surface area (TPSA) is 89.7 Å². The highest BCUT2D eigenvalue weighted by Gasteiger charge is 2.44. The van der Waals surface area contributed by atoms with Gasteiger partial charge >= 0.3 is 11.9 Å². The van der Waals surface area contributed by atoms with Gasteiger partial charge in [-0.25, -0.2) is 9.59 Å². The van der Waals surface area contributed by atoms with Gasteiger partial charge in [0.15, 0.2) is 0 Å². The lowest BCUT2D eigenvalue weighted by molar-refractivity contribution is -0.147. The molecule has 2 atom stereocenters. The van der Waals surface area contributed by atoms with Crippen LogP contribution in [0.5, 0.6) is 0 Å². The minimum absolute atomic E-state index is 0.106. The summed E-state index contributed by atoms with van der Waals surface area (Å²) in [6.45, 7) is 6.41. The number of fused-ring (bicyclic) bond motifs is 1. The van der Waals surface area contributed by atoms with E-state index in [-0.39, 0.29) is 13.2 Å². The second-order valence-electron chi connectivity index (χ2n) is 11.0. The van der Waals surface area contributed by atoms with Gasteiger partial charge in [0, 0.05) is 36.3 Å². The average molecular weight is 563 g/mol. The standard InChI is InChI=1S/C35H34N2O5/c1-20-15-21(2)30(22(3)16-20)29-17-27-32(35(39)42-29)31(25-11-8-12-26-24(25)13-14-36-26)33(28(37-27)19-40-4)34(38)41-18-23-9-6-5-7-10-23/h5-16,29,31,36-37H,17-19H2,1-4H3. The first-order chi connectivity index (χ1) is 20.4. The summed E-state index contributed by atoms with van der Waals surface area (Å²) in [5, 5.41) is 4.35. The summed E-state index contributed by atoms with van der Waals surface area (Å²) in [6.07, 6.45) is 1.85. The van der Waals surface area contributed by atoms with Crippen LogP contribution in [0.4, 0.5) is 0 Å². The van der Waals surface area contributed by atoms with Crippen LogP contribution in [-0.4, -0.2) is 30.6 Å². The number of H-pyrrole nitrogens is 1. The molecule has 3 heterocycles. The zero-order valence-corrected chi connectivity index (χ0v) is 24.2. The molecule has 0 radical (unpaired) electrons. The van der Waals surface area contributed by atoms with Crippen molar-refractivity contribution in [2.75, 3.05) is 13.7 Å². The van der Waals surface area contributed by atoms with Crippen molar-refractivity contribution in [1.82, 2.24) is 10.3 Å². The largest absolute Gasteiger partial charge is 0.457 e. The van der Waals surface area contributed by atoms with Crippen LogP contribution < -0.4 is 5.32 Å². The number of methoxy groups -OCH3 is 1. The van der Waals surface area contributed by atoms with Gasteiger partial charge in [0.05, 0.1) is 29.4 Å². The van der Waals surface area contributed by atoms with Gasteiger partial charge in [0.2, 0.25) is 0 Å². The van der Waals surface area contributed by atoms with E-state index in [2.05, 4.69) is 29.4 Å². The Kier molecular flexibility index (Phi) is 7.43. The number of nitrogens with one attached hydrogen (secondary N) is 2. The zero-order valence-electron chi connectivity index (χ0n) is 24.2. The number of carbonyl (C=O) groups excluding carboxylic acids is 2. The molecule has 0 amide bonds. The fourth-order valence-electron chi connectivity index (χ4n) is 6.46. The third-order valence-corrected chi connectivity index (χ3v) is 8.11. The molecular formula is C35H34N2O5. The van der Waals surface area contributed by atoms with Crippen LogP contribution in [0.15, 0.2) is 95.5 Å². The fraction of sp³-hybridized carbons (Fsp3) is 0.257. The summed E-state index contributed by atoms with van der Waals surface area (Å²) < 4.78 is 17.6. The summed E-state index contributed by atoms with van der Waals surface area (Å²) in [7, 11) is 1.59. The lowest BCUT2D eigenvalue weighted by Gasteiger charge is -2.37. The Labute approximate surface area is 245 Å². The van der Waals surface area contributed by atoms with Crippen molar-refractivity contribution in [3.05, 3.63) is 129 Å². The predicted octanol–water partition coefficient (Wildman–Crippen LogP) is 6.37. The van der Waals surface area contributed by atoms with E-state index >= 15 is 0 Å². The monoisotopic (exact) mass is 562 g/mol. The molecule has 2 aliphatic heterocycles. The molecule has 0 saturated heterocycles. The van der Waals surface area contributed by atoms with Crippen LogP contribution in [0.1, 0.15) is 51.8 Å². The van der Waals surface area contributed by atoms with E-state index in [1.807, 2.05) is 74.6 Å². The number of hydrogen-bond donors (Lipinski definition) is 2. The highest BCUT2D eigenvalue weighted by atomic mass is 16.5. The van der Waals surface area contributed by atoms with Crippen molar-refractivity contribution in [3.63, 3.8) is 0 Å². The summed E-state index contributed by atoms with van der Waals surface area (Å²) in [5.74, 6) is -1.67. The lowest BCUT2D eigenvalue weighted by atomic mass is 9.77. The quantitative estimate of drug-likeness (QED) is 0.255. The normalized spacial score (nSPS) is 18.5. The second kappa shape index (κ2) is 11.3. The van der Waals surface area contributed by atoms with E-state index in [1.165, 1.54) is 0 Å². The van der Waals surface area contributed by atoms with E-state index < -0.39 is 24.0 Å². The molecular weight excluding hydrogens is 528 g/mol. The molecule has 0 bridgehead atoms. The Hall–Kier alpha value is -4.62. The minimum atomic E-state index is -0.706. The van der Waals surface area contributed by atoms with Gasteiger partial charge in [-0.2, -0.15) is 0 Å². The molecule has 2 N–H and O–H groups in total. The Morgan fingerprint density at radius 1 is 0.976 bits per heavy atom. The molecule has 7 nitrogen and oxygen atoms in total. The van der Waals surface area contributed by atoms with Crippen LogP contribution in [0.3, 0.4) is 0 Å². The van der Waals surface area contributed by atoms with Crippen LogP contribution in [0, 0.1) is 20.8 Å². The first-order valence-electron chi connectivity index (χ1n) is 14.1. The van der Waals surface area contributed by atoms with Gasteiger partial charge in [-0.1, -0.05) is 60.2 Å². The number of benzene rings is 3. The number of hydrogen-bond acceptors (Lipinski definition) is 6. The SMILES string of the molecule is COCC1=C(C(=O)OCc2ccccc2)C(c2cccc3[nH]ccc23)C2=C(CC(c3c(C)cc(C)cc3C)OC2=O)N1. The number of aromatic nitrogens is 1. The molecule has 2 aliphatic rings. The van der Waals surface area contributed by atoms with Crippen LogP contribution in [-0.2, 0) is 30.4 Å².